The van der Waals surface area contributed by atoms with E-state index >= 15 is 0 Å². The first kappa shape index (κ1) is 21.3. The molecule has 3 aliphatic rings. The second kappa shape index (κ2) is 6.84. The van der Waals surface area contributed by atoms with Crippen LogP contribution in [0.15, 0.2) is 11.6 Å². The molecule has 3 fully saturated rings. The molecule has 1 saturated heterocycles. The molecule has 0 aromatic heterocycles. The zero-order valence-corrected chi connectivity index (χ0v) is 18.1. The van der Waals surface area contributed by atoms with Crippen molar-refractivity contribution < 1.29 is 28.9 Å². The van der Waals surface area contributed by atoms with Crippen LogP contribution >= 0.6 is 0 Å². The van der Waals surface area contributed by atoms with Gasteiger partial charge in [-0.3, -0.25) is 4.79 Å². The number of esters is 2. The van der Waals surface area contributed by atoms with Crippen LogP contribution < -0.4 is 0 Å². The molecular weight excluding hydrogens is 360 g/mol. The lowest BCUT2D eigenvalue weighted by Gasteiger charge is -2.45. The fraction of sp³-hybridized carbons (Fsp3) is 0.818. The average molecular weight is 395 g/mol. The molecule has 1 aliphatic heterocycles. The summed E-state index contributed by atoms with van der Waals surface area (Å²) in [5.74, 6) is -1.10. The minimum atomic E-state index is -1.00. The van der Waals surface area contributed by atoms with Gasteiger partial charge in [-0.25, -0.2) is 4.79 Å². The predicted molar refractivity (Wildman–Crippen MR) is 103 cm³/mol. The fourth-order valence-corrected chi connectivity index (χ4v) is 5.56. The van der Waals surface area contributed by atoms with Gasteiger partial charge < -0.3 is 19.3 Å². The van der Waals surface area contributed by atoms with E-state index < -0.39 is 28.8 Å². The van der Waals surface area contributed by atoms with Gasteiger partial charge in [0.2, 0.25) is 0 Å². The van der Waals surface area contributed by atoms with Gasteiger partial charge in [0.25, 0.3) is 0 Å². The highest BCUT2D eigenvalue weighted by molar-refractivity contribution is 5.87. The SMILES string of the molecule is C/C=C(/C)C(=O)OC1C[C@@]2(C)OC2C(OC(C)=O)[C@@]2(C)CC[C@@](O)(C(C)C)C12. The molecular formula is C22H34O6. The van der Waals surface area contributed by atoms with Gasteiger partial charge in [-0.1, -0.05) is 26.8 Å². The summed E-state index contributed by atoms with van der Waals surface area (Å²) < 4.78 is 17.7. The highest BCUT2D eigenvalue weighted by Gasteiger charge is 2.73. The summed E-state index contributed by atoms with van der Waals surface area (Å²) in [7, 11) is 0. The number of epoxide rings is 1. The van der Waals surface area contributed by atoms with Crippen molar-refractivity contribution in [3.8, 4) is 0 Å². The normalized spacial score (nSPS) is 45.1. The lowest BCUT2D eigenvalue weighted by Crippen LogP contribution is -2.54. The van der Waals surface area contributed by atoms with E-state index in [-0.39, 0.29) is 29.9 Å². The summed E-state index contributed by atoms with van der Waals surface area (Å²) in [6.45, 7) is 12.9. The number of fused-ring (bicyclic) bond motifs is 2. The monoisotopic (exact) mass is 394 g/mol. The van der Waals surface area contributed by atoms with Crippen LogP contribution in [-0.2, 0) is 23.8 Å². The summed E-state index contributed by atoms with van der Waals surface area (Å²) in [4.78, 5) is 24.5. The third-order valence-corrected chi connectivity index (χ3v) is 7.46. The third kappa shape index (κ3) is 3.18. The second-order valence-corrected chi connectivity index (χ2v) is 9.63. The smallest absolute Gasteiger partial charge is 0.333 e. The van der Waals surface area contributed by atoms with E-state index in [1.807, 2.05) is 27.7 Å². The molecule has 0 aromatic carbocycles. The second-order valence-electron chi connectivity index (χ2n) is 9.63. The van der Waals surface area contributed by atoms with Crippen LogP contribution in [0.3, 0.4) is 0 Å². The van der Waals surface area contributed by atoms with E-state index in [2.05, 4.69) is 0 Å². The third-order valence-electron chi connectivity index (χ3n) is 7.46. The maximum Gasteiger partial charge on any atom is 0.333 e. The summed E-state index contributed by atoms with van der Waals surface area (Å²) in [6, 6.07) is 0. The van der Waals surface area contributed by atoms with Gasteiger partial charge in [0.1, 0.15) is 18.3 Å². The lowest BCUT2D eigenvalue weighted by molar-refractivity contribution is -0.181. The molecule has 1 N–H and O–H groups in total. The van der Waals surface area contributed by atoms with Gasteiger partial charge in [0.05, 0.1) is 11.2 Å². The number of allylic oxidation sites excluding steroid dienone is 1. The van der Waals surface area contributed by atoms with Crippen molar-refractivity contribution >= 4 is 11.9 Å². The van der Waals surface area contributed by atoms with Crippen molar-refractivity contribution in [2.75, 3.05) is 0 Å². The zero-order chi connectivity index (χ0) is 21.1. The maximum atomic E-state index is 12.6. The summed E-state index contributed by atoms with van der Waals surface area (Å²) in [5.41, 5.74) is -1.54. The predicted octanol–water partition coefficient (Wildman–Crippen LogP) is 3.16. The van der Waals surface area contributed by atoms with Gasteiger partial charge >= 0.3 is 11.9 Å². The van der Waals surface area contributed by atoms with Crippen molar-refractivity contribution in [2.45, 2.75) is 97.2 Å². The number of carbonyl (C=O) groups is 2. The number of hydrogen-bond donors (Lipinski definition) is 1. The van der Waals surface area contributed by atoms with Crippen LogP contribution in [0.25, 0.3) is 0 Å². The number of ether oxygens (including phenoxy) is 3. The molecule has 0 amide bonds. The molecule has 158 valence electrons. The van der Waals surface area contributed by atoms with E-state index in [0.29, 0.717) is 24.8 Å². The van der Waals surface area contributed by atoms with E-state index in [1.54, 1.807) is 19.9 Å². The van der Waals surface area contributed by atoms with Crippen LogP contribution in [0.5, 0.6) is 0 Å². The first-order chi connectivity index (χ1) is 12.9. The molecule has 7 atom stereocenters. The molecule has 0 radical (unpaired) electrons. The molecule has 1 heterocycles. The Balaban J connectivity index is 2.07. The lowest BCUT2D eigenvalue weighted by atomic mass is 9.66. The van der Waals surface area contributed by atoms with Crippen molar-refractivity contribution in [1.29, 1.82) is 0 Å². The van der Waals surface area contributed by atoms with Crippen LogP contribution in [0.2, 0.25) is 0 Å². The van der Waals surface area contributed by atoms with E-state index in [1.165, 1.54) is 6.92 Å². The van der Waals surface area contributed by atoms with Gasteiger partial charge in [-0.2, -0.15) is 0 Å². The minimum absolute atomic E-state index is 0.0236. The van der Waals surface area contributed by atoms with Crippen molar-refractivity contribution in [1.82, 2.24) is 0 Å². The molecule has 0 aromatic rings. The Hall–Kier alpha value is -1.40. The molecule has 0 bridgehead atoms. The molecule has 2 aliphatic carbocycles. The van der Waals surface area contributed by atoms with Crippen LogP contribution in [0, 0.1) is 17.3 Å². The minimum Gasteiger partial charge on any atom is -0.459 e. The molecule has 6 nitrogen and oxygen atoms in total. The number of aliphatic hydroxyl groups is 1. The summed E-state index contributed by atoms with van der Waals surface area (Å²) in [5, 5.41) is 11.7. The number of rotatable bonds is 4. The van der Waals surface area contributed by atoms with Gasteiger partial charge in [0.15, 0.2) is 0 Å². The Morgan fingerprint density at radius 1 is 1.18 bits per heavy atom. The Morgan fingerprint density at radius 2 is 1.82 bits per heavy atom. The van der Waals surface area contributed by atoms with Crippen LogP contribution in [-0.4, -0.2) is 46.6 Å². The molecule has 0 spiro atoms. The van der Waals surface area contributed by atoms with Crippen LogP contribution in [0.4, 0.5) is 0 Å². The van der Waals surface area contributed by atoms with Crippen molar-refractivity contribution in [2.24, 2.45) is 17.3 Å². The molecule has 4 unspecified atom stereocenters. The van der Waals surface area contributed by atoms with Crippen molar-refractivity contribution in [3.05, 3.63) is 11.6 Å². The molecule has 3 rings (SSSR count). The first-order valence-electron chi connectivity index (χ1n) is 10.3. The van der Waals surface area contributed by atoms with Gasteiger partial charge in [-0.05, 0) is 39.5 Å². The topological polar surface area (TPSA) is 85.4 Å². The maximum absolute atomic E-state index is 12.6. The summed E-state index contributed by atoms with van der Waals surface area (Å²) in [6.07, 6.45) is 2.22. The molecule has 6 heteroatoms. The Labute approximate surface area is 167 Å². The largest absolute Gasteiger partial charge is 0.459 e. The zero-order valence-electron chi connectivity index (χ0n) is 18.1. The average Bonchev–Trinajstić information content (AvgIpc) is 3.17. The number of carbonyl (C=O) groups excluding carboxylic acids is 2. The fourth-order valence-electron chi connectivity index (χ4n) is 5.56. The van der Waals surface area contributed by atoms with E-state index in [0.717, 1.165) is 0 Å². The first-order valence-corrected chi connectivity index (χ1v) is 10.3. The van der Waals surface area contributed by atoms with Gasteiger partial charge in [-0.15, -0.1) is 0 Å². The van der Waals surface area contributed by atoms with E-state index in [4.69, 9.17) is 14.2 Å². The Bertz CT molecular complexity index is 699. The highest BCUT2D eigenvalue weighted by Crippen LogP contribution is 2.64. The Kier molecular flexibility index (Phi) is 5.20. The van der Waals surface area contributed by atoms with Crippen LogP contribution in [0.1, 0.15) is 67.7 Å². The molecule has 28 heavy (non-hydrogen) atoms. The number of hydrogen-bond acceptors (Lipinski definition) is 6. The Morgan fingerprint density at radius 3 is 2.36 bits per heavy atom. The highest BCUT2D eigenvalue weighted by atomic mass is 16.6. The molecule has 2 saturated carbocycles. The van der Waals surface area contributed by atoms with E-state index in [9.17, 15) is 14.7 Å². The standard InChI is InChI=1S/C22H34O6/c1-8-13(4)19(24)27-15-11-21(7)18(28-21)17(26-14(5)23)20(6)9-10-22(25,12(2)3)16(15)20/h8,12,15-18,25H,9-11H2,1-7H3/b13-8-/t15?,16?,17?,18?,20-,21+,22+/m0/s1. The summed E-state index contributed by atoms with van der Waals surface area (Å²) >= 11 is 0. The quantitative estimate of drug-likeness (QED) is 0.448. The van der Waals surface area contributed by atoms with Gasteiger partial charge in [0, 0.05) is 30.3 Å². The van der Waals surface area contributed by atoms with Crippen molar-refractivity contribution in [3.63, 3.8) is 0 Å².